The highest BCUT2D eigenvalue weighted by molar-refractivity contribution is 7.99. The molecule has 0 radical (unpaired) electrons. The predicted molar refractivity (Wildman–Crippen MR) is 76.7 cm³/mol. The van der Waals surface area contributed by atoms with Crippen molar-refractivity contribution in [2.45, 2.75) is 16.6 Å². The van der Waals surface area contributed by atoms with Gasteiger partial charge in [-0.25, -0.2) is 4.39 Å². The molecule has 0 amide bonds. The molecule has 19 heavy (non-hydrogen) atoms. The zero-order valence-electron chi connectivity index (χ0n) is 10.0. The van der Waals surface area contributed by atoms with Crippen LogP contribution in [-0.4, -0.2) is 0 Å². The van der Waals surface area contributed by atoms with Crippen LogP contribution < -0.4 is 0 Å². The standard InChI is InChI=1S/C15H11ClFNS/c16-12-3-1-2-11(10-12)15(8-9-18)19-14-6-4-13(17)5-7-14/h1-7,10,15H,8H2. The first kappa shape index (κ1) is 13.9. The topological polar surface area (TPSA) is 23.8 Å². The van der Waals surface area contributed by atoms with Gasteiger partial charge < -0.3 is 0 Å². The summed E-state index contributed by atoms with van der Waals surface area (Å²) in [7, 11) is 0. The average Bonchev–Trinajstić information content (AvgIpc) is 2.41. The van der Waals surface area contributed by atoms with Gasteiger partial charge in [-0.05, 0) is 42.0 Å². The summed E-state index contributed by atoms with van der Waals surface area (Å²) in [5, 5.41) is 9.58. The summed E-state index contributed by atoms with van der Waals surface area (Å²) >= 11 is 7.51. The third kappa shape index (κ3) is 3.99. The number of nitrogens with zero attached hydrogens (tertiary/aromatic N) is 1. The van der Waals surface area contributed by atoms with Crippen molar-refractivity contribution in [2.75, 3.05) is 0 Å². The molecule has 0 heterocycles. The van der Waals surface area contributed by atoms with Crippen molar-refractivity contribution in [3.05, 3.63) is 64.9 Å². The molecule has 0 saturated carbocycles. The Morgan fingerprint density at radius 3 is 2.58 bits per heavy atom. The summed E-state index contributed by atoms with van der Waals surface area (Å²) in [6.45, 7) is 0. The van der Waals surface area contributed by atoms with E-state index in [0.29, 0.717) is 11.4 Å². The van der Waals surface area contributed by atoms with E-state index in [1.807, 2.05) is 18.2 Å². The maximum Gasteiger partial charge on any atom is 0.123 e. The molecule has 4 heteroatoms. The Morgan fingerprint density at radius 1 is 1.21 bits per heavy atom. The third-order valence-corrected chi connectivity index (χ3v) is 4.09. The zero-order chi connectivity index (χ0) is 13.7. The van der Waals surface area contributed by atoms with Crippen LogP contribution in [0.25, 0.3) is 0 Å². The Bertz CT molecular complexity index is 592. The summed E-state index contributed by atoms with van der Waals surface area (Å²) in [4.78, 5) is 0.932. The molecule has 1 atom stereocenters. The second-order valence-corrected chi connectivity index (χ2v) is 5.69. The van der Waals surface area contributed by atoms with Crippen molar-refractivity contribution < 1.29 is 4.39 Å². The van der Waals surface area contributed by atoms with Gasteiger partial charge in [0.15, 0.2) is 0 Å². The Hall–Kier alpha value is -1.50. The van der Waals surface area contributed by atoms with E-state index in [4.69, 9.17) is 16.9 Å². The Morgan fingerprint density at radius 2 is 1.95 bits per heavy atom. The number of benzene rings is 2. The number of halogens is 2. The maximum atomic E-state index is 12.9. The normalized spacial score (nSPS) is 11.8. The van der Waals surface area contributed by atoms with Crippen LogP contribution in [-0.2, 0) is 0 Å². The van der Waals surface area contributed by atoms with Crippen molar-refractivity contribution >= 4 is 23.4 Å². The minimum Gasteiger partial charge on any atom is -0.207 e. The summed E-state index contributed by atoms with van der Waals surface area (Å²) in [6, 6.07) is 15.9. The third-order valence-electron chi connectivity index (χ3n) is 2.59. The first-order chi connectivity index (χ1) is 9.19. The quantitative estimate of drug-likeness (QED) is 0.721. The molecule has 2 aromatic rings. The van der Waals surface area contributed by atoms with E-state index in [1.54, 1.807) is 18.2 Å². The Labute approximate surface area is 121 Å². The SMILES string of the molecule is N#CCC(Sc1ccc(F)cc1)c1cccc(Cl)c1. The van der Waals surface area contributed by atoms with Gasteiger partial charge in [0.1, 0.15) is 5.82 Å². The smallest absolute Gasteiger partial charge is 0.123 e. The fourth-order valence-electron chi connectivity index (χ4n) is 1.69. The summed E-state index contributed by atoms with van der Waals surface area (Å²) in [5.41, 5.74) is 1.00. The molecule has 0 aliphatic carbocycles. The molecule has 2 aromatic carbocycles. The van der Waals surface area contributed by atoms with Gasteiger partial charge in [-0.15, -0.1) is 11.8 Å². The van der Waals surface area contributed by atoms with E-state index in [0.717, 1.165) is 10.5 Å². The molecule has 0 N–H and O–H groups in total. The van der Waals surface area contributed by atoms with Crippen LogP contribution in [0.4, 0.5) is 4.39 Å². The summed E-state index contributed by atoms with van der Waals surface area (Å²) < 4.78 is 12.9. The average molecular weight is 292 g/mol. The molecular weight excluding hydrogens is 281 g/mol. The number of nitriles is 1. The fourth-order valence-corrected chi connectivity index (χ4v) is 2.96. The molecule has 0 fully saturated rings. The van der Waals surface area contributed by atoms with Gasteiger partial charge >= 0.3 is 0 Å². The highest BCUT2D eigenvalue weighted by Gasteiger charge is 2.13. The van der Waals surface area contributed by atoms with Gasteiger partial charge in [0.05, 0.1) is 12.5 Å². The lowest BCUT2D eigenvalue weighted by molar-refractivity contribution is 0.626. The van der Waals surface area contributed by atoms with E-state index < -0.39 is 0 Å². The van der Waals surface area contributed by atoms with Crippen LogP contribution in [0.3, 0.4) is 0 Å². The van der Waals surface area contributed by atoms with Crippen LogP contribution in [0.2, 0.25) is 5.02 Å². The minimum atomic E-state index is -0.260. The molecule has 0 saturated heterocycles. The lowest BCUT2D eigenvalue weighted by Gasteiger charge is -2.14. The van der Waals surface area contributed by atoms with Crippen molar-refractivity contribution in [3.63, 3.8) is 0 Å². The molecule has 2 rings (SSSR count). The van der Waals surface area contributed by atoms with Crippen LogP contribution in [0, 0.1) is 17.1 Å². The van der Waals surface area contributed by atoms with Crippen LogP contribution in [0.1, 0.15) is 17.2 Å². The van der Waals surface area contributed by atoms with Gasteiger partial charge in [0, 0.05) is 15.2 Å². The van der Waals surface area contributed by atoms with Crippen molar-refractivity contribution in [1.29, 1.82) is 5.26 Å². The lowest BCUT2D eigenvalue weighted by Crippen LogP contribution is -1.93. The molecule has 0 spiro atoms. The molecule has 0 bridgehead atoms. The van der Waals surface area contributed by atoms with Crippen molar-refractivity contribution in [2.24, 2.45) is 0 Å². The van der Waals surface area contributed by atoms with E-state index in [9.17, 15) is 4.39 Å². The van der Waals surface area contributed by atoms with E-state index in [-0.39, 0.29) is 11.1 Å². The monoisotopic (exact) mass is 291 g/mol. The van der Waals surface area contributed by atoms with Crippen molar-refractivity contribution in [1.82, 2.24) is 0 Å². The highest BCUT2D eigenvalue weighted by atomic mass is 35.5. The predicted octanol–water partition coefficient (Wildman–Crippen LogP) is 5.23. The second-order valence-electron chi connectivity index (χ2n) is 3.98. The van der Waals surface area contributed by atoms with Gasteiger partial charge in [-0.2, -0.15) is 5.26 Å². The zero-order valence-corrected chi connectivity index (χ0v) is 11.6. The van der Waals surface area contributed by atoms with Crippen LogP contribution in [0.5, 0.6) is 0 Å². The number of thioether (sulfide) groups is 1. The summed E-state index contributed by atoms with van der Waals surface area (Å²) in [6.07, 6.45) is 0.377. The lowest BCUT2D eigenvalue weighted by atomic mass is 10.1. The molecule has 96 valence electrons. The minimum absolute atomic E-state index is 0.00541. The molecule has 1 nitrogen and oxygen atoms in total. The Balaban J connectivity index is 2.21. The van der Waals surface area contributed by atoms with Crippen LogP contribution >= 0.6 is 23.4 Å². The van der Waals surface area contributed by atoms with Gasteiger partial charge in [0.25, 0.3) is 0 Å². The van der Waals surface area contributed by atoms with Crippen molar-refractivity contribution in [3.8, 4) is 6.07 Å². The molecule has 1 unspecified atom stereocenters. The van der Waals surface area contributed by atoms with Gasteiger partial charge in [-0.1, -0.05) is 23.7 Å². The molecule has 0 aliphatic rings. The molecular formula is C15H11ClFNS. The largest absolute Gasteiger partial charge is 0.207 e. The van der Waals surface area contributed by atoms with Gasteiger partial charge in [0.2, 0.25) is 0 Å². The fraction of sp³-hybridized carbons (Fsp3) is 0.133. The first-order valence-corrected chi connectivity index (χ1v) is 6.99. The maximum absolute atomic E-state index is 12.9. The molecule has 0 aromatic heterocycles. The summed E-state index contributed by atoms with van der Waals surface area (Å²) in [5.74, 6) is -0.260. The first-order valence-electron chi connectivity index (χ1n) is 5.73. The van der Waals surface area contributed by atoms with E-state index >= 15 is 0 Å². The van der Waals surface area contributed by atoms with E-state index in [1.165, 1.54) is 23.9 Å². The highest BCUT2D eigenvalue weighted by Crippen LogP contribution is 2.38. The number of hydrogen-bond donors (Lipinski definition) is 0. The second kappa shape index (κ2) is 6.60. The number of hydrogen-bond acceptors (Lipinski definition) is 2. The van der Waals surface area contributed by atoms with Crippen LogP contribution in [0.15, 0.2) is 53.4 Å². The molecule has 0 aliphatic heterocycles. The Kier molecular flexibility index (Phi) is 4.84. The number of rotatable bonds is 4. The van der Waals surface area contributed by atoms with E-state index in [2.05, 4.69) is 6.07 Å². The van der Waals surface area contributed by atoms with Gasteiger partial charge in [-0.3, -0.25) is 0 Å².